The molecule has 1 aliphatic carbocycles. The van der Waals surface area contributed by atoms with Crippen LogP contribution in [0.3, 0.4) is 0 Å². The van der Waals surface area contributed by atoms with Gasteiger partial charge in [-0.3, -0.25) is 9.48 Å². The lowest BCUT2D eigenvalue weighted by Gasteiger charge is -2.21. The van der Waals surface area contributed by atoms with Crippen molar-refractivity contribution >= 4 is 5.78 Å². The summed E-state index contributed by atoms with van der Waals surface area (Å²) in [6.45, 7) is 2.80. The van der Waals surface area contributed by atoms with Gasteiger partial charge in [0.2, 0.25) is 0 Å². The average molecular weight is 221 g/mol. The van der Waals surface area contributed by atoms with Crippen molar-refractivity contribution in [2.24, 2.45) is 5.73 Å². The van der Waals surface area contributed by atoms with E-state index in [-0.39, 0.29) is 11.3 Å². The summed E-state index contributed by atoms with van der Waals surface area (Å²) in [7, 11) is 0. The van der Waals surface area contributed by atoms with Crippen molar-refractivity contribution in [3.8, 4) is 0 Å². The summed E-state index contributed by atoms with van der Waals surface area (Å²) in [5, 5.41) is 4.11. The molecule has 2 N–H and O–H groups in total. The molecule has 0 aromatic carbocycles. The first-order valence-corrected chi connectivity index (χ1v) is 5.97. The monoisotopic (exact) mass is 221 g/mol. The van der Waals surface area contributed by atoms with Crippen LogP contribution in [0.15, 0.2) is 12.4 Å². The zero-order valence-corrected chi connectivity index (χ0v) is 9.78. The van der Waals surface area contributed by atoms with Crippen LogP contribution in [0.5, 0.6) is 0 Å². The van der Waals surface area contributed by atoms with Gasteiger partial charge in [0.1, 0.15) is 0 Å². The number of rotatable bonds is 4. The van der Waals surface area contributed by atoms with E-state index < -0.39 is 0 Å². The largest absolute Gasteiger partial charge is 0.325 e. The Morgan fingerprint density at radius 2 is 2.25 bits per heavy atom. The molecule has 0 saturated heterocycles. The number of aryl methyl sites for hydroxylation is 1. The molecular formula is C12H19N3O. The summed E-state index contributed by atoms with van der Waals surface area (Å²) in [4.78, 5) is 12.0. The minimum absolute atomic E-state index is 0.129. The van der Waals surface area contributed by atoms with Crippen molar-refractivity contribution in [1.29, 1.82) is 0 Å². The smallest absolute Gasteiger partial charge is 0.167 e. The molecule has 2 rings (SSSR count). The van der Waals surface area contributed by atoms with Crippen LogP contribution in [0.4, 0.5) is 0 Å². The van der Waals surface area contributed by atoms with Crippen molar-refractivity contribution in [2.75, 3.05) is 0 Å². The van der Waals surface area contributed by atoms with E-state index in [0.29, 0.717) is 12.0 Å². The SMILES string of the molecule is CCn1cc(C(=O)CC2(N)CCCC2)cn1. The number of hydrogen-bond acceptors (Lipinski definition) is 3. The first-order valence-electron chi connectivity index (χ1n) is 5.97. The maximum Gasteiger partial charge on any atom is 0.167 e. The molecule has 16 heavy (non-hydrogen) atoms. The first-order chi connectivity index (χ1) is 7.63. The van der Waals surface area contributed by atoms with Gasteiger partial charge in [-0.1, -0.05) is 12.8 Å². The Balaban J connectivity index is 2.02. The van der Waals surface area contributed by atoms with Gasteiger partial charge >= 0.3 is 0 Å². The van der Waals surface area contributed by atoms with Gasteiger partial charge in [0, 0.05) is 24.7 Å². The predicted molar refractivity (Wildman–Crippen MR) is 62.2 cm³/mol. The summed E-state index contributed by atoms with van der Waals surface area (Å²) in [5.41, 5.74) is 6.62. The topological polar surface area (TPSA) is 60.9 Å². The van der Waals surface area contributed by atoms with Crippen LogP contribution >= 0.6 is 0 Å². The molecule has 0 aliphatic heterocycles. The maximum absolute atomic E-state index is 12.0. The molecule has 1 aromatic heterocycles. The second kappa shape index (κ2) is 4.37. The van der Waals surface area contributed by atoms with E-state index in [1.54, 1.807) is 17.1 Å². The van der Waals surface area contributed by atoms with Crippen molar-refractivity contribution in [1.82, 2.24) is 9.78 Å². The Labute approximate surface area is 95.8 Å². The molecule has 0 unspecified atom stereocenters. The van der Waals surface area contributed by atoms with Crippen molar-refractivity contribution in [3.63, 3.8) is 0 Å². The van der Waals surface area contributed by atoms with Gasteiger partial charge in [0.05, 0.1) is 11.8 Å². The third-order valence-corrected chi connectivity index (χ3v) is 3.39. The highest BCUT2D eigenvalue weighted by Gasteiger charge is 2.32. The molecule has 0 spiro atoms. The molecule has 0 amide bonds. The third kappa shape index (κ3) is 2.32. The van der Waals surface area contributed by atoms with Gasteiger partial charge < -0.3 is 5.73 Å². The highest BCUT2D eigenvalue weighted by molar-refractivity contribution is 5.96. The lowest BCUT2D eigenvalue weighted by Crippen LogP contribution is -2.38. The summed E-state index contributed by atoms with van der Waals surface area (Å²) >= 11 is 0. The van der Waals surface area contributed by atoms with Crippen molar-refractivity contribution in [2.45, 2.75) is 51.1 Å². The minimum atomic E-state index is -0.259. The van der Waals surface area contributed by atoms with Crippen LogP contribution < -0.4 is 5.73 Å². The van der Waals surface area contributed by atoms with Crippen LogP contribution in [0.1, 0.15) is 49.4 Å². The van der Waals surface area contributed by atoms with Crippen molar-refractivity contribution < 1.29 is 4.79 Å². The number of nitrogens with zero attached hydrogens (tertiary/aromatic N) is 2. The quantitative estimate of drug-likeness (QED) is 0.788. The Kier molecular flexibility index (Phi) is 3.10. The van der Waals surface area contributed by atoms with Gasteiger partial charge in [-0.05, 0) is 19.8 Å². The molecular weight excluding hydrogens is 202 g/mol. The Bertz CT molecular complexity index is 377. The normalized spacial score (nSPS) is 18.9. The molecule has 0 radical (unpaired) electrons. The number of carbonyl (C=O) groups excluding carboxylic acids is 1. The molecule has 1 aromatic rings. The standard InChI is InChI=1S/C12H19N3O/c1-2-15-9-10(8-14-15)11(16)7-12(13)5-3-4-6-12/h8-9H,2-7,13H2,1H3. The maximum atomic E-state index is 12.0. The van der Waals surface area contributed by atoms with Crippen LogP contribution in [0.2, 0.25) is 0 Å². The van der Waals surface area contributed by atoms with Crippen LogP contribution in [-0.2, 0) is 6.54 Å². The van der Waals surface area contributed by atoms with Gasteiger partial charge in [-0.2, -0.15) is 5.10 Å². The summed E-state index contributed by atoms with van der Waals surface area (Å²) in [6, 6.07) is 0. The van der Waals surface area contributed by atoms with Crippen LogP contribution in [0.25, 0.3) is 0 Å². The summed E-state index contributed by atoms with van der Waals surface area (Å²) in [5.74, 6) is 0.129. The van der Waals surface area contributed by atoms with Gasteiger partial charge in [-0.15, -0.1) is 0 Å². The van der Waals surface area contributed by atoms with Crippen LogP contribution in [0, 0.1) is 0 Å². The molecule has 1 saturated carbocycles. The molecule has 88 valence electrons. The number of carbonyl (C=O) groups is 1. The summed E-state index contributed by atoms with van der Waals surface area (Å²) in [6.07, 6.45) is 8.16. The molecule has 1 fully saturated rings. The highest BCUT2D eigenvalue weighted by atomic mass is 16.1. The summed E-state index contributed by atoms with van der Waals surface area (Å²) < 4.78 is 1.77. The van der Waals surface area contributed by atoms with Gasteiger partial charge in [0.25, 0.3) is 0 Å². The van der Waals surface area contributed by atoms with E-state index in [0.717, 1.165) is 32.2 Å². The second-order valence-corrected chi connectivity index (χ2v) is 4.75. The second-order valence-electron chi connectivity index (χ2n) is 4.75. The molecule has 1 aliphatic rings. The van der Waals surface area contributed by atoms with E-state index in [4.69, 9.17) is 5.73 Å². The number of hydrogen-bond donors (Lipinski definition) is 1. The number of aromatic nitrogens is 2. The first kappa shape index (κ1) is 11.3. The number of ketones is 1. The molecule has 1 heterocycles. The van der Waals surface area contributed by atoms with Gasteiger partial charge in [-0.25, -0.2) is 0 Å². The zero-order valence-electron chi connectivity index (χ0n) is 9.78. The Hall–Kier alpha value is -1.16. The van der Waals surface area contributed by atoms with Crippen molar-refractivity contribution in [3.05, 3.63) is 18.0 Å². The van der Waals surface area contributed by atoms with Crippen LogP contribution in [-0.4, -0.2) is 21.1 Å². The van der Waals surface area contributed by atoms with E-state index >= 15 is 0 Å². The molecule has 4 heteroatoms. The zero-order chi connectivity index (χ0) is 11.6. The number of nitrogens with two attached hydrogens (primary N) is 1. The third-order valence-electron chi connectivity index (χ3n) is 3.39. The molecule has 4 nitrogen and oxygen atoms in total. The highest BCUT2D eigenvalue weighted by Crippen LogP contribution is 2.31. The molecule has 0 bridgehead atoms. The van der Waals surface area contributed by atoms with E-state index in [1.165, 1.54) is 0 Å². The van der Waals surface area contributed by atoms with E-state index in [2.05, 4.69) is 5.10 Å². The number of Topliss-reactive ketones (excluding diaryl/α,β-unsaturated/α-hetero) is 1. The lowest BCUT2D eigenvalue weighted by atomic mass is 9.91. The fraction of sp³-hybridized carbons (Fsp3) is 0.667. The fourth-order valence-electron chi connectivity index (χ4n) is 2.36. The minimum Gasteiger partial charge on any atom is -0.325 e. The predicted octanol–water partition coefficient (Wildman–Crippen LogP) is 1.75. The van der Waals surface area contributed by atoms with Gasteiger partial charge in [0.15, 0.2) is 5.78 Å². The van der Waals surface area contributed by atoms with E-state index in [1.807, 2.05) is 6.92 Å². The van der Waals surface area contributed by atoms with E-state index in [9.17, 15) is 4.79 Å². The fourth-order valence-corrected chi connectivity index (χ4v) is 2.36. The molecule has 0 atom stereocenters. The lowest BCUT2D eigenvalue weighted by molar-refractivity contribution is 0.0952. The Morgan fingerprint density at radius 1 is 1.56 bits per heavy atom. The Morgan fingerprint density at radius 3 is 2.81 bits per heavy atom. The average Bonchev–Trinajstić information content (AvgIpc) is 2.86.